The summed E-state index contributed by atoms with van der Waals surface area (Å²) in [6, 6.07) is 6.61. The molecule has 1 aromatic heterocycles. The molecule has 0 spiro atoms. The van der Waals surface area contributed by atoms with Crippen molar-refractivity contribution in [2.45, 2.75) is 13.8 Å². The highest BCUT2D eigenvalue weighted by Crippen LogP contribution is 2.30. The van der Waals surface area contributed by atoms with Gasteiger partial charge in [-0.05, 0) is 43.7 Å². The van der Waals surface area contributed by atoms with Gasteiger partial charge >= 0.3 is 0 Å². The summed E-state index contributed by atoms with van der Waals surface area (Å²) in [7, 11) is 0. The van der Waals surface area contributed by atoms with Crippen molar-refractivity contribution < 1.29 is 14.3 Å². The number of carbonyl (C=O) groups is 2. The van der Waals surface area contributed by atoms with Crippen LogP contribution in [0.3, 0.4) is 0 Å². The zero-order valence-corrected chi connectivity index (χ0v) is 12.6. The number of nitrogens with one attached hydrogen (secondary N) is 3. The van der Waals surface area contributed by atoms with E-state index >= 15 is 0 Å². The van der Waals surface area contributed by atoms with Crippen LogP contribution in [0.1, 0.15) is 21.6 Å². The van der Waals surface area contributed by atoms with E-state index < -0.39 is 11.5 Å². The van der Waals surface area contributed by atoms with Crippen LogP contribution in [0, 0.1) is 13.8 Å². The summed E-state index contributed by atoms with van der Waals surface area (Å²) >= 11 is 0. The van der Waals surface area contributed by atoms with Gasteiger partial charge in [-0.2, -0.15) is 0 Å². The molecule has 2 aromatic rings. The van der Waals surface area contributed by atoms with E-state index in [-0.39, 0.29) is 18.1 Å². The molecule has 2 heterocycles. The number of aromatic amines is 1. The van der Waals surface area contributed by atoms with E-state index in [0.29, 0.717) is 28.4 Å². The second-order valence-corrected chi connectivity index (χ2v) is 5.34. The standard InChI is InChI=1S/C16H15N3O4/c1-8-5-9(2)17-15(21)14(8)16(22)18-10-3-4-12-11(6-10)19-13(20)7-23-12/h3-6H,7H2,1-2H3,(H,17,21)(H,18,22)(H,19,20). The molecule has 23 heavy (non-hydrogen) atoms. The number of benzene rings is 1. The summed E-state index contributed by atoms with van der Waals surface area (Å²) in [6.07, 6.45) is 0. The zero-order chi connectivity index (χ0) is 16.6. The quantitative estimate of drug-likeness (QED) is 0.783. The van der Waals surface area contributed by atoms with Crippen molar-refractivity contribution in [3.63, 3.8) is 0 Å². The average molecular weight is 313 g/mol. The van der Waals surface area contributed by atoms with Crippen LogP contribution in [0.5, 0.6) is 5.75 Å². The van der Waals surface area contributed by atoms with Crippen molar-refractivity contribution in [2.75, 3.05) is 17.2 Å². The van der Waals surface area contributed by atoms with E-state index in [1.807, 2.05) is 0 Å². The first-order chi connectivity index (χ1) is 10.9. The van der Waals surface area contributed by atoms with Crippen LogP contribution in [0.4, 0.5) is 11.4 Å². The Kier molecular flexibility index (Phi) is 3.61. The van der Waals surface area contributed by atoms with Crippen molar-refractivity contribution in [1.82, 2.24) is 4.98 Å². The molecule has 3 rings (SSSR count). The maximum atomic E-state index is 12.3. The summed E-state index contributed by atoms with van der Waals surface area (Å²) in [6.45, 7) is 3.43. The number of aryl methyl sites for hydroxylation is 2. The maximum absolute atomic E-state index is 12.3. The molecule has 3 N–H and O–H groups in total. The van der Waals surface area contributed by atoms with Crippen LogP contribution in [0.15, 0.2) is 29.1 Å². The van der Waals surface area contributed by atoms with E-state index in [2.05, 4.69) is 15.6 Å². The predicted molar refractivity (Wildman–Crippen MR) is 85.1 cm³/mol. The third-order valence-electron chi connectivity index (χ3n) is 3.46. The lowest BCUT2D eigenvalue weighted by molar-refractivity contribution is -0.118. The Hall–Kier alpha value is -3.09. The molecule has 7 nitrogen and oxygen atoms in total. The number of rotatable bonds is 2. The predicted octanol–water partition coefficient (Wildman–Crippen LogP) is 1.57. The molecule has 0 saturated carbocycles. The first-order valence-corrected chi connectivity index (χ1v) is 7.02. The molecular formula is C16H15N3O4. The number of fused-ring (bicyclic) bond motifs is 1. The van der Waals surface area contributed by atoms with Crippen molar-refractivity contribution in [3.05, 3.63) is 51.4 Å². The van der Waals surface area contributed by atoms with E-state index in [1.165, 1.54) is 0 Å². The van der Waals surface area contributed by atoms with Gasteiger partial charge in [-0.25, -0.2) is 0 Å². The van der Waals surface area contributed by atoms with Gasteiger partial charge in [-0.3, -0.25) is 14.4 Å². The lowest BCUT2D eigenvalue weighted by atomic mass is 10.1. The van der Waals surface area contributed by atoms with Gasteiger partial charge in [0.1, 0.15) is 11.3 Å². The van der Waals surface area contributed by atoms with Gasteiger partial charge in [-0.1, -0.05) is 0 Å². The Morgan fingerprint density at radius 2 is 2.00 bits per heavy atom. The summed E-state index contributed by atoms with van der Waals surface area (Å²) in [4.78, 5) is 38.3. The van der Waals surface area contributed by atoms with Gasteiger partial charge in [0.2, 0.25) is 0 Å². The van der Waals surface area contributed by atoms with E-state index in [9.17, 15) is 14.4 Å². The smallest absolute Gasteiger partial charge is 0.262 e. The fraction of sp³-hybridized carbons (Fsp3) is 0.188. The number of aromatic nitrogens is 1. The second-order valence-electron chi connectivity index (χ2n) is 5.34. The highest BCUT2D eigenvalue weighted by Gasteiger charge is 2.18. The molecule has 0 radical (unpaired) electrons. The summed E-state index contributed by atoms with van der Waals surface area (Å²) in [5.41, 5.74) is 1.85. The molecule has 0 unspecified atom stereocenters. The van der Waals surface area contributed by atoms with Crippen molar-refractivity contribution in [1.29, 1.82) is 0 Å². The van der Waals surface area contributed by atoms with Gasteiger partial charge in [0.15, 0.2) is 6.61 Å². The maximum Gasteiger partial charge on any atom is 0.262 e. The highest BCUT2D eigenvalue weighted by molar-refractivity contribution is 6.05. The van der Waals surface area contributed by atoms with Crippen LogP contribution in [-0.2, 0) is 4.79 Å². The number of H-pyrrole nitrogens is 1. The minimum absolute atomic E-state index is 0.0311. The molecule has 0 aliphatic carbocycles. The Labute approximate surface area is 131 Å². The Balaban J connectivity index is 1.88. The summed E-state index contributed by atoms with van der Waals surface area (Å²) < 4.78 is 5.25. The lowest BCUT2D eigenvalue weighted by Crippen LogP contribution is -2.26. The number of anilines is 2. The highest BCUT2D eigenvalue weighted by atomic mass is 16.5. The second kappa shape index (κ2) is 5.60. The molecule has 1 aliphatic heterocycles. The van der Waals surface area contributed by atoms with Gasteiger partial charge in [0.25, 0.3) is 17.4 Å². The molecule has 1 aromatic carbocycles. The molecule has 1 aliphatic rings. The number of hydrogen-bond donors (Lipinski definition) is 3. The zero-order valence-electron chi connectivity index (χ0n) is 12.6. The van der Waals surface area contributed by atoms with Crippen LogP contribution in [-0.4, -0.2) is 23.4 Å². The number of hydrogen-bond acceptors (Lipinski definition) is 4. The minimum Gasteiger partial charge on any atom is -0.482 e. The number of amides is 2. The van der Waals surface area contributed by atoms with Crippen LogP contribution >= 0.6 is 0 Å². The average Bonchev–Trinajstić information content (AvgIpc) is 2.45. The van der Waals surface area contributed by atoms with Gasteiger partial charge in [-0.15, -0.1) is 0 Å². The first-order valence-electron chi connectivity index (χ1n) is 7.02. The molecule has 7 heteroatoms. The van der Waals surface area contributed by atoms with Gasteiger partial charge in [0.05, 0.1) is 5.69 Å². The van der Waals surface area contributed by atoms with Crippen molar-refractivity contribution in [3.8, 4) is 5.75 Å². The van der Waals surface area contributed by atoms with Gasteiger partial charge in [0, 0.05) is 11.4 Å². The summed E-state index contributed by atoms with van der Waals surface area (Å²) in [5, 5.41) is 5.32. The summed E-state index contributed by atoms with van der Waals surface area (Å²) in [5.74, 6) is -0.231. The molecule has 0 bridgehead atoms. The van der Waals surface area contributed by atoms with Crippen LogP contribution in [0.25, 0.3) is 0 Å². The Bertz CT molecular complexity index is 870. The number of carbonyl (C=O) groups excluding carboxylic acids is 2. The SMILES string of the molecule is Cc1cc(C)c(C(=O)Nc2ccc3c(c2)NC(=O)CO3)c(=O)[nH]1. The van der Waals surface area contributed by atoms with Crippen molar-refractivity contribution >= 4 is 23.2 Å². The van der Waals surface area contributed by atoms with Crippen LogP contribution in [0.2, 0.25) is 0 Å². The number of ether oxygens (including phenoxy) is 1. The largest absolute Gasteiger partial charge is 0.482 e. The molecule has 0 atom stereocenters. The Morgan fingerprint density at radius 3 is 2.74 bits per heavy atom. The minimum atomic E-state index is -0.508. The van der Waals surface area contributed by atoms with Gasteiger partial charge < -0.3 is 20.4 Å². The molecular weight excluding hydrogens is 298 g/mol. The van der Waals surface area contributed by atoms with Crippen LogP contribution < -0.4 is 20.9 Å². The fourth-order valence-corrected chi connectivity index (χ4v) is 2.49. The first kappa shape index (κ1) is 14.8. The third kappa shape index (κ3) is 2.94. The number of pyridine rings is 1. The van der Waals surface area contributed by atoms with Crippen molar-refractivity contribution in [2.24, 2.45) is 0 Å². The van der Waals surface area contributed by atoms with E-state index in [4.69, 9.17) is 4.74 Å². The topological polar surface area (TPSA) is 100 Å². The van der Waals surface area contributed by atoms with E-state index in [0.717, 1.165) is 0 Å². The molecule has 0 saturated heterocycles. The van der Waals surface area contributed by atoms with E-state index in [1.54, 1.807) is 38.1 Å². The molecule has 0 fully saturated rings. The Morgan fingerprint density at radius 1 is 1.22 bits per heavy atom. The normalized spacial score (nSPS) is 12.9. The third-order valence-corrected chi connectivity index (χ3v) is 3.46. The monoisotopic (exact) mass is 313 g/mol. The fourth-order valence-electron chi connectivity index (χ4n) is 2.49. The molecule has 2 amide bonds. The lowest BCUT2D eigenvalue weighted by Gasteiger charge is -2.18. The molecule has 118 valence electrons.